The van der Waals surface area contributed by atoms with E-state index in [1.807, 2.05) is 36.4 Å². The Morgan fingerprint density at radius 1 is 1.03 bits per heavy atom. The van der Waals surface area contributed by atoms with Crippen LogP contribution in [0.5, 0.6) is 0 Å². The molecule has 0 radical (unpaired) electrons. The molecule has 0 amide bonds. The van der Waals surface area contributed by atoms with Gasteiger partial charge in [0.05, 0.1) is 19.3 Å². The van der Waals surface area contributed by atoms with E-state index in [-0.39, 0.29) is 5.04 Å². The second kappa shape index (κ2) is 9.35. The molecular formula is C26H32O4Si. The first-order valence-corrected chi connectivity index (χ1v) is 12.5. The Bertz CT molecular complexity index is 905. The van der Waals surface area contributed by atoms with Crippen LogP contribution in [-0.2, 0) is 14.0 Å². The molecule has 2 aromatic carbocycles. The van der Waals surface area contributed by atoms with Gasteiger partial charge in [-0.05, 0) is 33.8 Å². The van der Waals surface area contributed by atoms with Crippen LogP contribution < -0.4 is 10.4 Å². The summed E-state index contributed by atoms with van der Waals surface area (Å²) in [5.41, 5.74) is 1.48. The van der Waals surface area contributed by atoms with Crippen LogP contribution in [0.4, 0.5) is 0 Å². The van der Waals surface area contributed by atoms with Gasteiger partial charge < -0.3 is 14.3 Å². The van der Waals surface area contributed by atoms with Crippen molar-refractivity contribution >= 4 is 24.7 Å². The number of methoxy groups -OCH3 is 1. The number of rotatable bonds is 5. The number of hydrogen-bond donors (Lipinski definition) is 1. The maximum atomic E-state index is 11.8. The highest BCUT2D eigenvalue weighted by atomic mass is 28.4. The van der Waals surface area contributed by atoms with Crippen molar-refractivity contribution in [3.8, 4) is 0 Å². The molecule has 31 heavy (non-hydrogen) atoms. The Labute approximate surface area is 186 Å². The van der Waals surface area contributed by atoms with Crippen molar-refractivity contribution in [2.75, 3.05) is 7.11 Å². The van der Waals surface area contributed by atoms with Crippen LogP contribution in [-0.4, -0.2) is 38.7 Å². The first kappa shape index (κ1) is 23.2. The first-order valence-electron chi connectivity index (χ1n) is 10.6. The van der Waals surface area contributed by atoms with E-state index in [2.05, 4.69) is 51.6 Å². The summed E-state index contributed by atoms with van der Waals surface area (Å²) in [4.78, 5) is 11.8. The molecule has 0 heterocycles. The molecule has 0 saturated heterocycles. The lowest BCUT2D eigenvalue weighted by molar-refractivity contribution is -0.134. The van der Waals surface area contributed by atoms with Gasteiger partial charge in [0.25, 0.3) is 8.32 Å². The van der Waals surface area contributed by atoms with Gasteiger partial charge in [-0.1, -0.05) is 93.6 Å². The molecule has 5 heteroatoms. The van der Waals surface area contributed by atoms with Crippen LogP contribution in [0.2, 0.25) is 5.04 Å². The Balaban J connectivity index is 2.13. The Morgan fingerprint density at radius 3 is 2.00 bits per heavy atom. The van der Waals surface area contributed by atoms with Crippen molar-refractivity contribution in [1.82, 2.24) is 0 Å². The molecule has 3 rings (SSSR count). The molecule has 0 aromatic heterocycles. The highest BCUT2D eigenvalue weighted by Crippen LogP contribution is 2.40. The van der Waals surface area contributed by atoms with Gasteiger partial charge in [-0.3, -0.25) is 0 Å². The minimum Gasteiger partial charge on any atom is -0.466 e. The molecule has 0 bridgehead atoms. The predicted octanol–water partition coefficient (Wildman–Crippen LogP) is 3.74. The summed E-state index contributed by atoms with van der Waals surface area (Å²) < 4.78 is 11.9. The van der Waals surface area contributed by atoms with Crippen LogP contribution in [0.3, 0.4) is 0 Å². The quantitative estimate of drug-likeness (QED) is 0.336. The van der Waals surface area contributed by atoms with E-state index in [4.69, 9.17) is 9.16 Å². The molecule has 164 valence electrons. The summed E-state index contributed by atoms with van der Waals surface area (Å²) in [6.45, 7) is 10.8. The zero-order valence-corrected chi connectivity index (χ0v) is 19.8. The summed E-state index contributed by atoms with van der Waals surface area (Å²) in [5.74, 6) is -0.418. The average molecular weight is 437 g/mol. The van der Waals surface area contributed by atoms with Gasteiger partial charge in [-0.15, -0.1) is 0 Å². The van der Waals surface area contributed by atoms with Crippen molar-refractivity contribution in [1.29, 1.82) is 0 Å². The third kappa shape index (κ3) is 4.74. The minimum atomic E-state index is -2.80. The molecular weight excluding hydrogens is 404 g/mol. The van der Waals surface area contributed by atoms with Gasteiger partial charge in [0, 0.05) is 6.08 Å². The topological polar surface area (TPSA) is 55.8 Å². The number of carbonyl (C=O) groups is 1. The number of aliphatic hydroxyl groups is 1. The van der Waals surface area contributed by atoms with Crippen LogP contribution in [0.25, 0.3) is 0 Å². The number of benzene rings is 2. The molecule has 0 spiro atoms. The third-order valence-electron chi connectivity index (χ3n) is 6.00. The van der Waals surface area contributed by atoms with E-state index >= 15 is 0 Å². The normalized spacial score (nSPS) is 21.2. The zero-order chi connectivity index (χ0) is 22.6. The fourth-order valence-corrected chi connectivity index (χ4v) is 9.09. The van der Waals surface area contributed by atoms with Crippen LogP contribution in [0, 0.1) is 0 Å². The van der Waals surface area contributed by atoms with Crippen molar-refractivity contribution in [3.05, 3.63) is 84.5 Å². The fourth-order valence-electron chi connectivity index (χ4n) is 4.41. The van der Waals surface area contributed by atoms with Crippen molar-refractivity contribution in [3.63, 3.8) is 0 Å². The molecule has 0 aliphatic heterocycles. The Morgan fingerprint density at radius 2 is 1.55 bits per heavy atom. The van der Waals surface area contributed by atoms with E-state index < -0.39 is 26.5 Å². The summed E-state index contributed by atoms with van der Waals surface area (Å²) >= 11 is 0. The monoisotopic (exact) mass is 436 g/mol. The van der Waals surface area contributed by atoms with E-state index in [0.717, 1.165) is 5.57 Å². The molecule has 1 saturated carbocycles. The van der Waals surface area contributed by atoms with Gasteiger partial charge in [0.2, 0.25) is 0 Å². The molecule has 1 aliphatic rings. The van der Waals surface area contributed by atoms with E-state index in [9.17, 15) is 9.90 Å². The second-order valence-electron chi connectivity index (χ2n) is 9.09. The van der Waals surface area contributed by atoms with Gasteiger partial charge in [0.1, 0.15) is 0 Å². The fraction of sp³-hybridized carbons (Fsp3) is 0.346. The number of aliphatic hydroxyl groups excluding tert-OH is 1. The molecule has 1 N–H and O–H groups in total. The standard InChI is InChI=1S/C26H32O4Si/c1-19-23(27)16-20(18-25(28)29-5)17-24(19)30-31(26(2,3)4,21-12-8-6-9-13-21)22-14-10-7-11-15-22/h6-15,18,23-24,27H,1,16-17H2,2-5H3/b20-18-/t23-,24-/m1/s1. The lowest BCUT2D eigenvalue weighted by Gasteiger charge is -2.47. The number of ether oxygens (including phenoxy) is 1. The average Bonchev–Trinajstić information content (AvgIpc) is 2.75. The minimum absolute atomic E-state index is 0.190. The summed E-state index contributed by atoms with van der Waals surface area (Å²) in [7, 11) is -1.45. The Kier molecular flexibility index (Phi) is 6.99. The maximum Gasteiger partial charge on any atom is 0.330 e. The largest absolute Gasteiger partial charge is 0.466 e. The lowest BCUT2D eigenvalue weighted by atomic mass is 9.86. The SMILES string of the molecule is C=C1[C@H](O)C/C(=C/C(=O)OC)C[C@H]1O[Si](c1ccccc1)(c1ccccc1)C(C)(C)C. The zero-order valence-electron chi connectivity index (χ0n) is 18.8. The molecule has 0 unspecified atom stereocenters. The van der Waals surface area contributed by atoms with Crippen molar-refractivity contribution in [2.45, 2.75) is 50.9 Å². The van der Waals surface area contributed by atoms with Crippen molar-refractivity contribution < 1.29 is 19.1 Å². The smallest absolute Gasteiger partial charge is 0.330 e. The van der Waals surface area contributed by atoms with Crippen LogP contribution >= 0.6 is 0 Å². The molecule has 2 aromatic rings. The van der Waals surface area contributed by atoms with Gasteiger partial charge in [-0.25, -0.2) is 4.79 Å². The summed E-state index contributed by atoms with van der Waals surface area (Å²) in [6.07, 6.45) is 1.19. The van der Waals surface area contributed by atoms with E-state index in [0.29, 0.717) is 18.4 Å². The maximum absolute atomic E-state index is 11.8. The van der Waals surface area contributed by atoms with E-state index in [1.165, 1.54) is 23.6 Å². The highest BCUT2D eigenvalue weighted by molar-refractivity contribution is 6.99. The number of hydrogen-bond acceptors (Lipinski definition) is 4. The van der Waals surface area contributed by atoms with Crippen molar-refractivity contribution in [2.24, 2.45) is 0 Å². The van der Waals surface area contributed by atoms with Gasteiger partial charge >= 0.3 is 5.97 Å². The van der Waals surface area contributed by atoms with Crippen LogP contribution in [0.1, 0.15) is 33.6 Å². The second-order valence-corrected chi connectivity index (χ2v) is 13.3. The number of carbonyl (C=O) groups excluding carboxylic acids is 1. The number of esters is 1. The summed E-state index contributed by atoms with van der Waals surface area (Å²) in [5, 5.41) is 12.8. The highest BCUT2D eigenvalue weighted by Gasteiger charge is 2.52. The first-order chi connectivity index (χ1) is 14.7. The molecule has 1 fully saturated rings. The summed E-state index contributed by atoms with van der Waals surface area (Å²) in [6, 6.07) is 20.7. The lowest BCUT2D eigenvalue weighted by Crippen LogP contribution is -2.68. The van der Waals surface area contributed by atoms with Gasteiger partial charge in [0.15, 0.2) is 0 Å². The third-order valence-corrected chi connectivity index (χ3v) is 11.0. The van der Waals surface area contributed by atoms with Gasteiger partial charge in [-0.2, -0.15) is 0 Å². The van der Waals surface area contributed by atoms with Crippen LogP contribution in [0.15, 0.2) is 84.5 Å². The molecule has 2 atom stereocenters. The molecule has 1 aliphatic carbocycles. The van der Waals surface area contributed by atoms with E-state index in [1.54, 1.807) is 0 Å². The Hall–Kier alpha value is -2.47. The predicted molar refractivity (Wildman–Crippen MR) is 127 cm³/mol. The molecule has 4 nitrogen and oxygen atoms in total.